The van der Waals surface area contributed by atoms with Gasteiger partial charge in [-0.3, -0.25) is 9.97 Å². The number of aryl methyl sites for hydroxylation is 1. The van der Waals surface area contributed by atoms with Crippen molar-refractivity contribution in [1.82, 2.24) is 9.97 Å². The number of nitrogens with zero attached hydrogens (tertiary/aromatic N) is 3. The lowest BCUT2D eigenvalue weighted by Crippen LogP contribution is -2.11. The summed E-state index contributed by atoms with van der Waals surface area (Å²) < 4.78 is 6.35. The molecule has 3 heterocycles. The van der Waals surface area contributed by atoms with Gasteiger partial charge in [0, 0.05) is 34.8 Å². The molecule has 1 aliphatic rings. The second-order valence-electron chi connectivity index (χ2n) is 10.00. The van der Waals surface area contributed by atoms with Crippen LogP contribution in [0.15, 0.2) is 134 Å². The highest BCUT2D eigenvalue weighted by molar-refractivity contribution is 5.86. The molecule has 4 aromatic carbocycles. The Balaban J connectivity index is 1.37. The zero-order valence-corrected chi connectivity index (χ0v) is 22.2. The Bertz CT molecular complexity index is 1830. The Morgan fingerprint density at radius 3 is 2.20 bits per heavy atom. The van der Waals surface area contributed by atoms with E-state index in [0.717, 1.165) is 56.5 Å². The molecule has 0 N–H and O–H groups in total. The fourth-order valence-electron chi connectivity index (χ4n) is 5.28. The minimum Gasteiger partial charge on any atom is -0.487 e. The molecule has 0 radical (unpaired) electrons. The molecule has 7 rings (SSSR count). The molecule has 4 heteroatoms. The molecule has 0 saturated heterocycles. The first-order chi connectivity index (χ1) is 19.7. The van der Waals surface area contributed by atoms with Gasteiger partial charge in [0.25, 0.3) is 0 Å². The molecule has 192 valence electrons. The molecule has 4 nitrogen and oxygen atoms in total. The highest BCUT2D eigenvalue weighted by Crippen LogP contribution is 2.46. The van der Waals surface area contributed by atoms with Crippen LogP contribution in [0.2, 0.25) is 0 Å². The van der Waals surface area contributed by atoms with Crippen molar-refractivity contribution < 1.29 is 4.74 Å². The van der Waals surface area contributed by atoms with Gasteiger partial charge in [-0.1, -0.05) is 60.7 Å². The van der Waals surface area contributed by atoms with Crippen LogP contribution in [0.25, 0.3) is 33.6 Å². The zero-order valence-electron chi connectivity index (χ0n) is 22.2. The lowest BCUT2D eigenvalue weighted by atomic mass is 10.0. The second-order valence-corrected chi connectivity index (χ2v) is 10.00. The largest absolute Gasteiger partial charge is 0.487 e. The van der Waals surface area contributed by atoms with E-state index < -0.39 is 0 Å². The van der Waals surface area contributed by atoms with Crippen molar-refractivity contribution in [1.29, 1.82) is 0 Å². The number of fused-ring (bicyclic) bond motifs is 2. The summed E-state index contributed by atoms with van der Waals surface area (Å²) in [5.74, 6) is 0.835. The van der Waals surface area contributed by atoms with Gasteiger partial charge in [-0.15, -0.1) is 0 Å². The molecule has 0 saturated carbocycles. The van der Waals surface area contributed by atoms with Crippen molar-refractivity contribution in [3.63, 3.8) is 0 Å². The van der Waals surface area contributed by atoms with E-state index >= 15 is 0 Å². The molecular formula is C36H27N3O. The molecule has 6 aromatic rings. The Hall–Kier alpha value is -5.22. The van der Waals surface area contributed by atoms with E-state index in [1.54, 1.807) is 0 Å². The SMILES string of the molecule is Cc1ccnc(-c2ccc3c(c2)N(c2cccc(-c4cc(-c5ccccc5)ccn4)c2)c2ccccc2CO3)c1. The van der Waals surface area contributed by atoms with E-state index in [-0.39, 0.29) is 0 Å². The number of pyridine rings is 2. The number of anilines is 3. The molecule has 0 bridgehead atoms. The van der Waals surface area contributed by atoms with Crippen LogP contribution in [0.3, 0.4) is 0 Å². The number of benzene rings is 4. The predicted molar refractivity (Wildman–Crippen MR) is 162 cm³/mol. The first kappa shape index (κ1) is 23.9. The molecule has 0 fully saturated rings. The number of aromatic nitrogens is 2. The first-order valence-electron chi connectivity index (χ1n) is 13.4. The molecule has 0 unspecified atom stereocenters. The van der Waals surface area contributed by atoms with E-state index in [4.69, 9.17) is 9.72 Å². The standard InChI is InChI=1S/C36H27N3O/c1-25-16-18-37-32(20-25)29-14-15-36-35(23-29)39(34-13-6-5-10-30(34)24-40-36)31-12-7-11-28(21-31)33-22-27(17-19-38-33)26-8-3-2-4-9-26/h2-23H,24H2,1H3. The molecule has 1 aliphatic heterocycles. The summed E-state index contributed by atoms with van der Waals surface area (Å²) in [6.45, 7) is 2.59. The van der Waals surface area contributed by atoms with Gasteiger partial charge >= 0.3 is 0 Å². The van der Waals surface area contributed by atoms with E-state index in [0.29, 0.717) is 6.61 Å². The molecular weight excluding hydrogens is 490 g/mol. The summed E-state index contributed by atoms with van der Waals surface area (Å²) in [5.41, 5.74) is 11.7. The van der Waals surface area contributed by atoms with Crippen LogP contribution in [-0.2, 0) is 6.61 Å². The maximum absolute atomic E-state index is 6.35. The first-order valence-corrected chi connectivity index (χ1v) is 13.4. The number of ether oxygens (including phenoxy) is 1. The third-order valence-electron chi connectivity index (χ3n) is 7.29. The summed E-state index contributed by atoms with van der Waals surface area (Å²) in [4.78, 5) is 11.7. The smallest absolute Gasteiger partial charge is 0.143 e. The van der Waals surface area contributed by atoms with Gasteiger partial charge in [-0.25, -0.2) is 0 Å². The van der Waals surface area contributed by atoms with Gasteiger partial charge in [0.1, 0.15) is 12.4 Å². The highest BCUT2D eigenvalue weighted by Gasteiger charge is 2.24. The minimum atomic E-state index is 0.502. The van der Waals surface area contributed by atoms with Crippen LogP contribution >= 0.6 is 0 Å². The van der Waals surface area contributed by atoms with Crippen LogP contribution in [0.4, 0.5) is 17.1 Å². The van der Waals surface area contributed by atoms with Gasteiger partial charge in [0.15, 0.2) is 0 Å². The summed E-state index contributed by atoms with van der Waals surface area (Å²) >= 11 is 0. The van der Waals surface area contributed by atoms with Crippen molar-refractivity contribution in [2.45, 2.75) is 13.5 Å². The predicted octanol–water partition coefficient (Wildman–Crippen LogP) is 9.15. The highest BCUT2D eigenvalue weighted by atomic mass is 16.5. The molecule has 0 atom stereocenters. The minimum absolute atomic E-state index is 0.502. The van der Waals surface area contributed by atoms with Crippen molar-refractivity contribution >= 4 is 17.1 Å². The number of para-hydroxylation sites is 1. The quantitative estimate of drug-likeness (QED) is 0.234. The van der Waals surface area contributed by atoms with Gasteiger partial charge in [-0.2, -0.15) is 0 Å². The van der Waals surface area contributed by atoms with Crippen molar-refractivity contribution in [2.75, 3.05) is 4.90 Å². The van der Waals surface area contributed by atoms with Gasteiger partial charge in [0.2, 0.25) is 0 Å². The zero-order chi connectivity index (χ0) is 26.9. The molecule has 0 spiro atoms. The lowest BCUT2D eigenvalue weighted by molar-refractivity contribution is 0.310. The Morgan fingerprint density at radius 2 is 1.32 bits per heavy atom. The van der Waals surface area contributed by atoms with Crippen molar-refractivity contribution in [3.8, 4) is 39.4 Å². The summed E-state index contributed by atoms with van der Waals surface area (Å²) in [6.07, 6.45) is 3.75. The number of hydrogen-bond acceptors (Lipinski definition) is 4. The molecule has 40 heavy (non-hydrogen) atoms. The molecule has 0 aliphatic carbocycles. The van der Waals surface area contributed by atoms with Gasteiger partial charge in [0.05, 0.1) is 22.8 Å². The number of rotatable bonds is 4. The van der Waals surface area contributed by atoms with E-state index in [2.05, 4.69) is 126 Å². The van der Waals surface area contributed by atoms with Crippen LogP contribution in [0.1, 0.15) is 11.1 Å². The normalized spacial score (nSPS) is 12.2. The average molecular weight is 518 g/mol. The third-order valence-corrected chi connectivity index (χ3v) is 7.29. The van der Waals surface area contributed by atoms with E-state index in [1.165, 1.54) is 11.1 Å². The number of hydrogen-bond donors (Lipinski definition) is 0. The van der Waals surface area contributed by atoms with Crippen LogP contribution in [0.5, 0.6) is 5.75 Å². The topological polar surface area (TPSA) is 38.2 Å². The summed E-state index contributed by atoms with van der Waals surface area (Å²) in [5, 5.41) is 0. The molecule has 0 amide bonds. The second kappa shape index (κ2) is 10.2. The van der Waals surface area contributed by atoms with Crippen LogP contribution in [0, 0.1) is 6.92 Å². The maximum atomic E-state index is 6.35. The summed E-state index contributed by atoms with van der Waals surface area (Å²) in [6, 6.07) is 42.1. The third kappa shape index (κ3) is 4.50. The average Bonchev–Trinajstić information content (AvgIpc) is 3.18. The van der Waals surface area contributed by atoms with Crippen LogP contribution < -0.4 is 9.64 Å². The fraction of sp³-hybridized carbons (Fsp3) is 0.0556. The fourth-order valence-corrected chi connectivity index (χ4v) is 5.28. The van der Waals surface area contributed by atoms with Gasteiger partial charge in [-0.05, 0) is 84.3 Å². The van der Waals surface area contributed by atoms with Crippen LogP contribution in [-0.4, -0.2) is 9.97 Å². The molecule has 2 aromatic heterocycles. The maximum Gasteiger partial charge on any atom is 0.143 e. The Kier molecular flexibility index (Phi) is 6.06. The van der Waals surface area contributed by atoms with Crippen molar-refractivity contribution in [2.24, 2.45) is 0 Å². The lowest BCUT2D eigenvalue weighted by Gasteiger charge is -2.27. The van der Waals surface area contributed by atoms with E-state index in [9.17, 15) is 0 Å². The Labute approximate surface area is 234 Å². The van der Waals surface area contributed by atoms with Crippen molar-refractivity contribution in [3.05, 3.63) is 145 Å². The monoisotopic (exact) mass is 517 g/mol. The van der Waals surface area contributed by atoms with E-state index in [1.807, 2.05) is 24.5 Å². The Morgan fingerprint density at radius 1 is 0.575 bits per heavy atom. The summed E-state index contributed by atoms with van der Waals surface area (Å²) in [7, 11) is 0. The van der Waals surface area contributed by atoms with Gasteiger partial charge < -0.3 is 9.64 Å².